The van der Waals surface area contributed by atoms with Crippen molar-refractivity contribution in [2.24, 2.45) is 0 Å². The zero-order valence-corrected chi connectivity index (χ0v) is 26.2. The lowest BCUT2D eigenvalue weighted by Gasteiger charge is -2.27. The lowest BCUT2D eigenvalue weighted by molar-refractivity contribution is -0.0589. The highest BCUT2D eigenvalue weighted by molar-refractivity contribution is 6.31. The van der Waals surface area contributed by atoms with Crippen molar-refractivity contribution >= 4 is 34.5 Å². The van der Waals surface area contributed by atoms with Crippen molar-refractivity contribution in [2.45, 2.75) is 52.0 Å². The number of halogens is 3. The molecule has 1 aliphatic rings. The number of carbonyl (C=O) groups excluding carboxylic acids is 1. The molecular formula is C34H30ClF2N5O5. The number of nitrogens with one attached hydrogen (secondary N) is 1. The van der Waals surface area contributed by atoms with E-state index < -0.39 is 17.6 Å². The van der Waals surface area contributed by atoms with Crippen LogP contribution < -0.4 is 10.1 Å². The Bertz CT molecular complexity index is 2000. The second kappa shape index (κ2) is 13.4. The maximum Gasteiger partial charge on any atom is 0.335 e. The van der Waals surface area contributed by atoms with Gasteiger partial charge in [0.2, 0.25) is 5.88 Å². The van der Waals surface area contributed by atoms with Gasteiger partial charge in [-0.05, 0) is 68.3 Å². The number of rotatable bonds is 11. The van der Waals surface area contributed by atoms with E-state index in [0.717, 1.165) is 18.6 Å². The van der Waals surface area contributed by atoms with Crippen molar-refractivity contribution in [2.75, 3.05) is 6.61 Å². The molecule has 13 heteroatoms. The van der Waals surface area contributed by atoms with Crippen LogP contribution in [-0.4, -0.2) is 55.3 Å². The standard InChI is InChI=1S/C34H30ClF2N5O5/c1-18(2)39-33(43)29-14-24(35)21(15-38-29)17-47-32-5-3-4-27(41-32)23-13-25(36)20(10-26(23)37)12-31-40-28-7-6-19(34(44)45)11-30(28)42(31)16-22-8-9-46-22/h3-7,10-11,13-15,18,22H,8-9,12,16-17H2,1-2H3,(H,39,43)(H,44,45)/t22-/m0/s1. The largest absolute Gasteiger partial charge is 0.478 e. The Balaban J connectivity index is 1.21. The smallest absolute Gasteiger partial charge is 0.335 e. The number of pyridine rings is 2. The summed E-state index contributed by atoms with van der Waals surface area (Å²) < 4.78 is 44.3. The van der Waals surface area contributed by atoms with E-state index in [1.807, 2.05) is 18.4 Å². The van der Waals surface area contributed by atoms with E-state index in [1.54, 1.807) is 24.3 Å². The number of aromatic nitrogens is 4. The molecule has 2 N–H and O–H groups in total. The number of hydrogen-bond donors (Lipinski definition) is 2. The van der Waals surface area contributed by atoms with Gasteiger partial charge in [-0.1, -0.05) is 17.7 Å². The summed E-state index contributed by atoms with van der Waals surface area (Å²) in [6.45, 7) is 4.69. The van der Waals surface area contributed by atoms with Crippen LogP contribution in [0.2, 0.25) is 5.02 Å². The first-order valence-corrected chi connectivity index (χ1v) is 15.3. The summed E-state index contributed by atoms with van der Waals surface area (Å²) in [5, 5.41) is 12.5. The highest BCUT2D eigenvalue weighted by Gasteiger charge is 2.24. The van der Waals surface area contributed by atoms with Crippen molar-refractivity contribution in [1.29, 1.82) is 0 Å². The van der Waals surface area contributed by atoms with Gasteiger partial charge in [-0.25, -0.2) is 23.5 Å². The van der Waals surface area contributed by atoms with Gasteiger partial charge in [-0.2, -0.15) is 0 Å². The van der Waals surface area contributed by atoms with E-state index in [-0.39, 0.29) is 70.1 Å². The van der Waals surface area contributed by atoms with E-state index in [1.165, 1.54) is 24.4 Å². The van der Waals surface area contributed by atoms with Crippen LogP contribution in [0.25, 0.3) is 22.3 Å². The third-order valence-electron chi connectivity index (χ3n) is 7.70. The average Bonchev–Trinajstić information content (AvgIpc) is 3.35. The maximum atomic E-state index is 15.6. The van der Waals surface area contributed by atoms with E-state index in [0.29, 0.717) is 35.6 Å². The highest BCUT2D eigenvalue weighted by atomic mass is 35.5. The van der Waals surface area contributed by atoms with Gasteiger partial charge >= 0.3 is 5.97 Å². The quantitative estimate of drug-likeness (QED) is 0.171. The van der Waals surface area contributed by atoms with Crippen LogP contribution in [0.4, 0.5) is 8.78 Å². The van der Waals surface area contributed by atoms with Crippen LogP contribution in [0.15, 0.2) is 60.8 Å². The molecule has 242 valence electrons. The normalized spacial score (nSPS) is 14.3. The first-order chi connectivity index (χ1) is 22.5. The van der Waals surface area contributed by atoms with Gasteiger partial charge in [0.25, 0.3) is 5.91 Å². The molecule has 0 saturated carbocycles. The molecule has 0 bridgehead atoms. The fraction of sp³-hybridized carbons (Fsp3) is 0.265. The van der Waals surface area contributed by atoms with E-state index in [9.17, 15) is 14.7 Å². The molecule has 47 heavy (non-hydrogen) atoms. The van der Waals surface area contributed by atoms with Crippen LogP contribution in [-0.2, 0) is 24.3 Å². The van der Waals surface area contributed by atoms with Gasteiger partial charge in [0.15, 0.2) is 0 Å². The van der Waals surface area contributed by atoms with Gasteiger partial charge < -0.3 is 24.5 Å². The van der Waals surface area contributed by atoms with Crippen molar-refractivity contribution in [3.8, 4) is 17.1 Å². The SMILES string of the molecule is CC(C)NC(=O)c1cc(Cl)c(COc2cccc(-c3cc(F)c(Cc4nc5ccc(C(=O)O)cc5n4C[C@@H]4CCO4)cc3F)n2)cn1. The number of ether oxygens (including phenoxy) is 2. The first-order valence-electron chi connectivity index (χ1n) is 14.9. The van der Waals surface area contributed by atoms with E-state index >= 15 is 8.78 Å². The zero-order chi connectivity index (χ0) is 33.2. The third kappa shape index (κ3) is 7.08. The molecule has 6 rings (SSSR count). The Kier molecular flexibility index (Phi) is 9.15. The summed E-state index contributed by atoms with van der Waals surface area (Å²) in [7, 11) is 0. The maximum absolute atomic E-state index is 15.6. The van der Waals surface area contributed by atoms with Crippen LogP contribution in [0.3, 0.4) is 0 Å². The summed E-state index contributed by atoms with van der Waals surface area (Å²) in [4.78, 5) is 36.9. The first kappa shape index (κ1) is 32.0. The van der Waals surface area contributed by atoms with Crippen LogP contribution in [0.5, 0.6) is 5.88 Å². The van der Waals surface area contributed by atoms with Crippen LogP contribution in [0, 0.1) is 11.6 Å². The molecule has 1 saturated heterocycles. The second-order valence-corrected chi connectivity index (χ2v) is 11.9. The number of imidazole rings is 1. The zero-order valence-electron chi connectivity index (χ0n) is 25.5. The van der Waals surface area contributed by atoms with Gasteiger partial charge in [-0.3, -0.25) is 9.78 Å². The minimum atomic E-state index is -1.07. The second-order valence-electron chi connectivity index (χ2n) is 11.5. The number of fused-ring (bicyclic) bond motifs is 1. The fourth-order valence-electron chi connectivity index (χ4n) is 5.19. The number of nitrogens with zero attached hydrogens (tertiary/aromatic N) is 4. The number of benzene rings is 2. The summed E-state index contributed by atoms with van der Waals surface area (Å²) in [5.74, 6) is -2.16. The molecule has 5 aromatic rings. The topological polar surface area (TPSA) is 128 Å². The molecule has 1 amide bonds. The summed E-state index contributed by atoms with van der Waals surface area (Å²) in [6, 6.07) is 12.9. The van der Waals surface area contributed by atoms with Gasteiger partial charge in [0.1, 0.15) is 29.8 Å². The number of amides is 1. The fourth-order valence-corrected chi connectivity index (χ4v) is 5.40. The third-order valence-corrected chi connectivity index (χ3v) is 8.05. The molecular weight excluding hydrogens is 632 g/mol. The number of carboxylic acid groups (broad SMARTS) is 1. The molecule has 1 atom stereocenters. The molecule has 0 unspecified atom stereocenters. The Labute approximate surface area is 273 Å². The lowest BCUT2D eigenvalue weighted by Crippen LogP contribution is -2.31. The van der Waals surface area contributed by atoms with Crippen LogP contribution in [0.1, 0.15) is 58.1 Å². The summed E-state index contributed by atoms with van der Waals surface area (Å²) in [5.41, 5.74) is 2.09. The molecule has 2 aromatic carbocycles. The predicted molar refractivity (Wildman–Crippen MR) is 170 cm³/mol. The van der Waals surface area contributed by atoms with Crippen molar-refractivity contribution in [3.05, 3.63) is 106 Å². The monoisotopic (exact) mass is 661 g/mol. The average molecular weight is 662 g/mol. The van der Waals surface area contributed by atoms with Gasteiger partial charge in [0.05, 0.1) is 40.0 Å². The van der Waals surface area contributed by atoms with Gasteiger partial charge in [-0.15, -0.1) is 0 Å². The van der Waals surface area contributed by atoms with Crippen molar-refractivity contribution in [1.82, 2.24) is 24.8 Å². The van der Waals surface area contributed by atoms with Crippen molar-refractivity contribution < 1.29 is 33.0 Å². The predicted octanol–water partition coefficient (Wildman–Crippen LogP) is 6.22. The molecule has 4 heterocycles. The molecule has 1 fully saturated rings. The number of carbonyl (C=O) groups is 2. The van der Waals surface area contributed by atoms with E-state index in [4.69, 9.17) is 21.1 Å². The minimum Gasteiger partial charge on any atom is -0.478 e. The number of carboxylic acids is 1. The molecule has 3 aromatic heterocycles. The Morgan fingerprint density at radius 1 is 1.11 bits per heavy atom. The number of hydrogen-bond acceptors (Lipinski definition) is 7. The molecule has 0 aliphatic carbocycles. The Hall–Kier alpha value is -4.94. The lowest BCUT2D eigenvalue weighted by atomic mass is 10.0. The minimum absolute atomic E-state index is 0.0228. The molecule has 1 aliphatic heterocycles. The summed E-state index contributed by atoms with van der Waals surface area (Å²) >= 11 is 6.35. The Morgan fingerprint density at radius 2 is 1.91 bits per heavy atom. The molecule has 0 spiro atoms. The highest BCUT2D eigenvalue weighted by Crippen LogP contribution is 2.29. The Morgan fingerprint density at radius 3 is 2.62 bits per heavy atom. The molecule has 0 radical (unpaired) electrons. The van der Waals surface area contributed by atoms with Crippen molar-refractivity contribution in [3.63, 3.8) is 0 Å². The van der Waals surface area contributed by atoms with Gasteiger partial charge in [0, 0.05) is 42.5 Å². The van der Waals surface area contributed by atoms with E-state index in [2.05, 4.69) is 20.3 Å². The van der Waals surface area contributed by atoms with Crippen LogP contribution >= 0.6 is 11.6 Å². The number of aromatic carboxylic acids is 1. The summed E-state index contributed by atoms with van der Waals surface area (Å²) in [6.07, 6.45) is 2.16. The molecule has 10 nitrogen and oxygen atoms in total.